The number of hydrogen-bond acceptors (Lipinski definition) is 3. The monoisotopic (exact) mass is 284 g/mol. The van der Waals surface area contributed by atoms with Crippen molar-refractivity contribution in [3.63, 3.8) is 0 Å². The van der Waals surface area contributed by atoms with Crippen molar-refractivity contribution in [1.82, 2.24) is 9.97 Å². The molecule has 100 valence electrons. The van der Waals surface area contributed by atoms with Crippen LogP contribution in [0.4, 0.5) is 4.39 Å². The molecule has 0 amide bonds. The second-order valence-corrected chi connectivity index (χ2v) is 5.87. The first-order valence-corrected chi connectivity index (χ1v) is 8.55. The first kappa shape index (κ1) is 12.7. The standard InChI is InChI=1S/C15H13FN2OSi/c1-20-14-7-4-11(8-17-14)13-9-19-15(18-13)10-2-5-12(16)6-3-10/h2-9H,20H2,1H3. The highest BCUT2D eigenvalue weighted by Crippen LogP contribution is 2.23. The van der Waals surface area contributed by atoms with Crippen LogP contribution in [0.1, 0.15) is 0 Å². The number of nitrogens with zero attached hydrogens (tertiary/aromatic N) is 2. The molecule has 0 unspecified atom stereocenters. The molecule has 20 heavy (non-hydrogen) atoms. The molecule has 3 rings (SSSR count). The SMILES string of the molecule is C[SiH2]c1ccc(-c2coc(-c3ccc(F)cc3)n2)cn1. The van der Waals surface area contributed by atoms with Gasteiger partial charge in [0.05, 0.1) is 9.52 Å². The highest BCUT2D eigenvalue weighted by atomic mass is 28.2. The summed E-state index contributed by atoms with van der Waals surface area (Å²) < 4.78 is 18.3. The van der Waals surface area contributed by atoms with E-state index in [0.29, 0.717) is 5.89 Å². The van der Waals surface area contributed by atoms with E-state index in [0.717, 1.165) is 16.8 Å². The Morgan fingerprint density at radius 1 is 1.05 bits per heavy atom. The summed E-state index contributed by atoms with van der Waals surface area (Å²) in [6, 6.07) is 10.1. The molecule has 0 aliphatic rings. The predicted molar refractivity (Wildman–Crippen MR) is 79.2 cm³/mol. The maximum absolute atomic E-state index is 12.9. The minimum absolute atomic E-state index is 0.236. The Morgan fingerprint density at radius 3 is 2.45 bits per heavy atom. The molecule has 0 aliphatic heterocycles. The molecule has 3 nitrogen and oxygen atoms in total. The van der Waals surface area contributed by atoms with Crippen LogP contribution in [0.5, 0.6) is 0 Å². The molecule has 0 saturated heterocycles. The topological polar surface area (TPSA) is 38.9 Å². The molecule has 0 saturated carbocycles. The number of oxazole rings is 1. The van der Waals surface area contributed by atoms with Gasteiger partial charge in [-0.05, 0) is 36.4 Å². The summed E-state index contributed by atoms with van der Waals surface area (Å²) in [5, 5.41) is 1.18. The molecule has 2 aromatic heterocycles. The zero-order valence-electron chi connectivity index (χ0n) is 11.0. The summed E-state index contributed by atoms with van der Waals surface area (Å²) in [5.41, 5.74) is 2.41. The normalized spacial score (nSPS) is 11.3. The van der Waals surface area contributed by atoms with Gasteiger partial charge < -0.3 is 4.42 Å². The van der Waals surface area contributed by atoms with Crippen LogP contribution < -0.4 is 5.32 Å². The fourth-order valence-corrected chi connectivity index (χ4v) is 2.54. The quantitative estimate of drug-likeness (QED) is 0.693. The Bertz CT molecular complexity index is 707. The molecule has 0 aliphatic carbocycles. The summed E-state index contributed by atoms with van der Waals surface area (Å²) in [5.74, 6) is 0.206. The Morgan fingerprint density at radius 2 is 1.80 bits per heavy atom. The largest absolute Gasteiger partial charge is 0.444 e. The van der Waals surface area contributed by atoms with Crippen molar-refractivity contribution in [3.8, 4) is 22.7 Å². The van der Waals surface area contributed by atoms with Crippen LogP contribution in [0.2, 0.25) is 6.55 Å². The van der Waals surface area contributed by atoms with Gasteiger partial charge >= 0.3 is 0 Å². The number of pyridine rings is 1. The Balaban J connectivity index is 1.91. The summed E-state index contributed by atoms with van der Waals surface area (Å²) in [4.78, 5) is 8.82. The summed E-state index contributed by atoms with van der Waals surface area (Å²) in [6.45, 7) is 2.20. The first-order valence-electron chi connectivity index (χ1n) is 6.43. The van der Waals surface area contributed by atoms with Crippen LogP contribution in [0.3, 0.4) is 0 Å². The van der Waals surface area contributed by atoms with Crippen molar-refractivity contribution < 1.29 is 8.81 Å². The van der Waals surface area contributed by atoms with Gasteiger partial charge in [0.25, 0.3) is 0 Å². The second-order valence-electron chi connectivity index (χ2n) is 4.44. The van der Waals surface area contributed by atoms with Crippen LogP contribution in [-0.4, -0.2) is 19.5 Å². The fourth-order valence-electron chi connectivity index (χ4n) is 1.92. The first-order chi connectivity index (χ1) is 9.76. The van der Waals surface area contributed by atoms with Gasteiger partial charge in [0.15, 0.2) is 0 Å². The minimum atomic E-state index is -0.274. The molecule has 0 atom stereocenters. The highest BCUT2D eigenvalue weighted by molar-refractivity contribution is 6.50. The van der Waals surface area contributed by atoms with Gasteiger partial charge in [-0.15, -0.1) is 0 Å². The van der Waals surface area contributed by atoms with Crippen molar-refractivity contribution in [2.24, 2.45) is 0 Å². The summed E-state index contributed by atoms with van der Waals surface area (Å²) >= 11 is 0. The van der Waals surface area contributed by atoms with Gasteiger partial charge in [-0.3, -0.25) is 4.98 Å². The Kier molecular flexibility index (Phi) is 3.43. The Labute approximate surface area is 118 Å². The van der Waals surface area contributed by atoms with E-state index in [1.54, 1.807) is 18.4 Å². The highest BCUT2D eigenvalue weighted by Gasteiger charge is 2.08. The van der Waals surface area contributed by atoms with Gasteiger partial charge in [0.2, 0.25) is 5.89 Å². The number of aromatic nitrogens is 2. The number of rotatable bonds is 3. The van der Waals surface area contributed by atoms with E-state index in [-0.39, 0.29) is 15.3 Å². The van der Waals surface area contributed by atoms with Gasteiger partial charge in [-0.25, -0.2) is 9.37 Å². The molecule has 3 aromatic rings. The smallest absolute Gasteiger partial charge is 0.226 e. The maximum atomic E-state index is 12.9. The third-order valence-electron chi connectivity index (χ3n) is 3.08. The Hall–Kier alpha value is -2.27. The predicted octanol–water partition coefficient (Wildman–Crippen LogP) is 2.38. The maximum Gasteiger partial charge on any atom is 0.226 e. The van der Waals surface area contributed by atoms with Crippen molar-refractivity contribution in [1.29, 1.82) is 0 Å². The van der Waals surface area contributed by atoms with Crippen molar-refractivity contribution >= 4 is 14.8 Å². The van der Waals surface area contributed by atoms with E-state index in [1.165, 1.54) is 17.4 Å². The summed E-state index contributed by atoms with van der Waals surface area (Å²) in [7, 11) is -0.236. The zero-order chi connectivity index (χ0) is 13.9. The average molecular weight is 284 g/mol. The number of hydrogen-bond donors (Lipinski definition) is 0. The van der Waals surface area contributed by atoms with Crippen LogP contribution in [-0.2, 0) is 0 Å². The van der Waals surface area contributed by atoms with Crippen LogP contribution >= 0.6 is 0 Å². The third-order valence-corrected chi connectivity index (χ3v) is 4.22. The van der Waals surface area contributed by atoms with Crippen molar-refractivity contribution in [2.75, 3.05) is 0 Å². The van der Waals surface area contributed by atoms with E-state index in [9.17, 15) is 4.39 Å². The summed E-state index contributed by atoms with van der Waals surface area (Å²) in [6.07, 6.45) is 3.41. The molecule has 2 heterocycles. The molecule has 0 radical (unpaired) electrons. The molecule has 0 fully saturated rings. The van der Waals surface area contributed by atoms with E-state index in [2.05, 4.69) is 16.5 Å². The molecule has 5 heteroatoms. The van der Waals surface area contributed by atoms with Crippen LogP contribution in [0.25, 0.3) is 22.7 Å². The van der Waals surface area contributed by atoms with Crippen LogP contribution in [0, 0.1) is 5.82 Å². The van der Waals surface area contributed by atoms with Gasteiger partial charge in [0, 0.05) is 22.6 Å². The molecule has 1 aromatic carbocycles. The molecule has 0 N–H and O–H groups in total. The van der Waals surface area contributed by atoms with Gasteiger partial charge in [0.1, 0.15) is 17.8 Å². The average Bonchev–Trinajstić information content (AvgIpc) is 2.98. The lowest BCUT2D eigenvalue weighted by Crippen LogP contribution is -2.13. The van der Waals surface area contributed by atoms with E-state index < -0.39 is 0 Å². The van der Waals surface area contributed by atoms with Crippen molar-refractivity contribution in [2.45, 2.75) is 6.55 Å². The molecule has 0 bridgehead atoms. The lowest BCUT2D eigenvalue weighted by Gasteiger charge is -1.97. The molecule has 0 spiro atoms. The minimum Gasteiger partial charge on any atom is -0.444 e. The van der Waals surface area contributed by atoms with E-state index in [1.807, 2.05) is 18.3 Å². The van der Waals surface area contributed by atoms with Gasteiger partial charge in [-0.2, -0.15) is 0 Å². The van der Waals surface area contributed by atoms with Crippen LogP contribution in [0.15, 0.2) is 53.3 Å². The zero-order valence-corrected chi connectivity index (χ0v) is 12.4. The third kappa shape index (κ3) is 2.53. The fraction of sp³-hybridized carbons (Fsp3) is 0.0667. The van der Waals surface area contributed by atoms with E-state index >= 15 is 0 Å². The molecular formula is C15H13FN2OSi. The number of benzene rings is 1. The number of halogens is 1. The molecular weight excluding hydrogens is 271 g/mol. The van der Waals surface area contributed by atoms with Crippen molar-refractivity contribution in [3.05, 3.63) is 54.7 Å². The lowest BCUT2D eigenvalue weighted by atomic mass is 10.2. The lowest BCUT2D eigenvalue weighted by molar-refractivity contribution is 0.574. The van der Waals surface area contributed by atoms with E-state index in [4.69, 9.17) is 4.42 Å². The van der Waals surface area contributed by atoms with Gasteiger partial charge in [-0.1, -0.05) is 6.55 Å². The second kappa shape index (κ2) is 5.38.